The number of carbonyl (C=O) groups is 3. The molecule has 1 aliphatic heterocycles. The Morgan fingerprint density at radius 3 is 2.56 bits per heavy atom. The van der Waals surface area contributed by atoms with Crippen LogP contribution in [0.2, 0.25) is 0 Å². The van der Waals surface area contributed by atoms with Gasteiger partial charge in [-0.15, -0.1) is 0 Å². The minimum absolute atomic E-state index is 0.0280. The highest BCUT2D eigenvalue weighted by atomic mass is 16.2. The fourth-order valence-corrected chi connectivity index (χ4v) is 1.46. The number of carbonyl (C=O) groups excluding carboxylic acids is 3. The van der Waals surface area contributed by atoms with E-state index < -0.39 is 23.9 Å². The van der Waals surface area contributed by atoms with Crippen molar-refractivity contribution in [3.05, 3.63) is 0 Å². The number of nitrogens with zero attached hydrogens (tertiary/aromatic N) is 1. The smallest absolute Gasteiger partial charge is 0.249 e. The molecule has 0 aromatic rings. The number of imide groups is 1. The maximum absolute atomic E-state index is 11.9. The van der Waals surface area contributed by atoms with Crippen LogP contribution in [0.5, 0.6) is 0 Å². The average molecular weight is 227 g/mol. The predicted molar refractivity (Wildman–Crippen MR) is 57.1 cm³/mol. The van der Waals surface area contributed by atoms with Gasteiger partial charge < -0.3 is 10.6 Å². The molecule has 0 bridgehead atoms. The molecule has 6 heteroatoms. The fourth-order valence-electron chi connectivity index (χ4n) is 1.46. The Labute approximate surface area is 94.2 Å². The number of hydrogen-bond donors (Lipinski definition) is 2. The summed E-state index contributed by atoms with van der Waals surface area (Å²) in [5.41, 5.74) is 5.71. The molecule has 1 aliphatic rings. The van der Waals surface area contributed by atoms with E-state index >= 15 is 0 Å². The Hall–Kier alpha value is -1.43. The topological polar surface area (TPSA) is 92.5 Å². The third kappa shape index (κ3) is 2.38. The van der Waals surface area contributed by atoms with Crippen molar-refractivity contribution in [1.82, 2.24) is 10.2 Å². The van der Waals surface area contributed by atoms with E-state index in [0.29, 0.717) is 0 Å². The lowest BCUT2D eigenvalue weighted by Crippen LogP contribution is -2.61. The summed E-state index contributed by atoms with van der Waals surface area (Å²) in [7, 11) is 0. The van der Waals surface area contributed by atoms with Gasteiger partial charge in [0.1, 0.15) is 12.6 Å². The summed E-state index contributed by atoms with van der Waals surface area (Å²) in [4.78, 5) is 35.6. The Morgan fingerprint density at radius 1 is 1.50 bits per heavy atom. The molecule has 1 saturated heterocycles. The van der Waals surface area contributed by atoms with Crippen LogP contribution in [0.15, 0.2) is 0 Å². The molecule has 3 N–H and O–H groups in total. The summed E-state index contributed by atoms with van der Waals surface area (Å²) >= 11 is 0. The van der Waals surface area contributed by atoms with Gasteiger partial charge in [-0.1, -0.05) is 13.8 Å². The van der Waals surface area contributed by atoms with Crippen LogP contribution in [0.3, 0.4) is 0 Å². The molecule has 6 nitrogen and oxygen atoms in total. The lowest BCUT2D eigenvalue weighted by Gasteiger charge is -2.34. The van der Waals surface area contributed by atoms with Crippen molar-refractivity contribution in [2.45, 2.75) is 32.9 Å². The normalized spacial score (nSPS) is 23.3. The van der Waals surface area contributed by atoms with Crippen molar-refractivity contribution < 1.29 is 14.4 Å². The van der Waals surface area contributed by atoms with Gasteiger partial charge in [0.05, 0.1) is 6.04 Å². The summed E-state index contributed by atoms with van der Waals surface area (Å²) in [6.07, 6.45) is 0. The molecule has 0 aliphatic carbocycles. The first kappa shape index (κ1) is 12.6. The minimum Gasteiger partial charge on any atom is -0.320 e. The quantitative estimate of drug-likeness (QED) is 0.582. The molecule has 0 aromatic heterocycles. The Kier molecular flexibility index (Phi) is 3.64. The third-order valence-corrected chi connectivity index (χ3v) is 2.71. The van der Waals surface area contributed by atoms with Crippen LogP contribution >= 0.6 is 0 Å². The van der Waals surface area contributed by atoms with Gasteiger partial charge in [0.15, 0.2) is 0 Å². The first-order valence-electron chi connectivity index (χ1n) is 5.24. The van der Waals surface area contributed by atoms with E-state index in [2.05, 4.69) is 5.32 Å². The second kappa shape index (κ2) is 4.61. The van der Waals surface area contributed by atoms with E-state index in [9.17, 15) is 14.4 Å². The first-order chi connectivity index (χ1) is 7.34. The van der Waals surface area contributed by atoms with Crippen molar-refractivity contribution >= 4 is 17.7 Å². The maximum atomic E-state index is 11.9. The van der Waals surface area contributed by atoms with Crippen LogP contribution < -0.4 is 11.1 Å². The van der Waals surface area contributed by atoms with Crippen molar-refractivity contribution in [3.8, 4) is 0 Å². The molecule has 0 spiro atoms. The summed E-state index contributed by atoms with van der Waals surface area (Å²) in [6, 6.07) is -1.32. The van der Waals surface area contributed by atoms with Gasteiger partial charge in [-0.2, -0.15) is 0 Å². The highest BCUT2D eigenvalue weighted by molar-refractivity contribution is 6.04. The summed E-state index contributed by atoms with van der Waals surface area (Å²) in [5.74, 6) is -1.31. The van der Waals surface area contributed by atoms with E-state index in [0.717, 1.165) is 0 Å². The van der Waals surface area contributed by atoms with Crippen LogP contribution in [0, 0.1) is 5.92 Å². The second-order valence-corrected chi connectivity index (χ2v) is 4.32. The van der Waals surface area contributed by atoms with E-state index in [1.807, 2.05) is 13.8 Å². The average Bonchev–Trinajstić information content (AvgIpc) is 2.21. The standard InChI is InChI=1S/C10H17N3O3/c1-5(2)8(11)10(16)13-4-7(14)12-9(15)6(13)3/h5-6,8H,4,11H2,1-3H3,(H,12,14,15). The van der Waals surface area contributed by atoms with Gasteiger partial charge in [0.25, 0.3) is 0 Å². The van der Waals surface area contributed by atoms with Crippen molar-refractivity contribution in [2.75, 3.05) is 6.54 Å². The molecule has 0 radical (unpaired) electrons. The zero-order valence-electron chi connectivity index (χ0n) is 9.69. The molecule has 1 rings (SSSR count). The van der Waals surface area contributed by atoms with E-state index in [-0.39, 0.29) is 18.4 Å². The molecule has 0 aromatic carbocycles. The number of nitrogens with two attached hydrogens (primary N) is 1. The molecule has 0 saturated carbocycles. The van der Waals surface area contributed by atoms with Gasteiger partial charge in [0.2, 0.25) is 17.7 Å². The monoisotopic (exact) mass is 227 g/mol. The van der Waals surface area contributed by atoms with Crippen molar-refractivity contribution in [2.24, 2.45) is 11.7 Å². The highest BCUT2D eigenvalue weighted by Gasteiger charge is 2.36. The van der Waals surface area contributed by atoms with E-state index in [1.54, 1.807) is 6.92 Å². The van der Waals surface area contributed by atoms with Crippen molar-refractivity contribution in [1.29, 1.82) is 0 Å². The van der Waals surface area contributed by atoms with Gasteiger partial charge >= 0.3 is 0 Å². The van der Waals surface area contributed by atoms with Gasteiger partial charge in [-0.3, -0.25) is 19.7 Å². The fraction of sp³-hybridized carbons (Fsp3) is 0.700. The summed E-state index contributed by atoms with van der Waals surface area (Å²) in [5, 5.41) is 2.17. The number of piperazine rings is 1. The van der Waals surface area contributed by atoms with E-state index in [1.165, 1.54) is 4.90 Å². The highest BCUT2D eigenvalue weighted by Crippen LogP contribution is 2.10. The molecular formula is C10H17N3O3. The molecule has 3 amide bonds. The van der Waals surface area contributed by atoms with Crippen LogP contribution in [-0.2, 0) is 14.4 Å². The molecule has 1 heterocycles. The number of amides is 3. The summed E-state index contributed by atoms with van der Waals surface area (Å²) in [6.45, 7) is 5.11. The van der Waals surface area contributed by atoms with Gasteiger partial charge in [-0.05, 0) is 12.8 Å². The number of nitrogens with one attached hydrogen (secondary N) is 1. The number of rotatable bonds is 2. The number of hydrogen-bond acceptors (Lipinski definition) is 4. The van der Waals surface area contributed by atoms with Gasteiger partial charge in [0, 0.05) is 0 Å². The molecule has 1 fully saturated rings. The lowest BCUT2D eigenvalue weighted by molar-refractivity contribution is -0.150. The molecular weight excluding hydrogens is 210 g/mol. The van der Waals surface area contributed by atoms with Crippen LogP contribution in [0.25, 0.3) is 0 Å². The van der Waals surface area contributed by atoms with E-state index in [4.69, 9.17) is 5.73 Å². The van der Waals surface area contributed by atoms with Crippen LogP contribution in [0.1, 0.15) is 20.8 Å². The Balaban J connectivity index is 2.82. The van der Waals surface area contributed by atoms with Gasteiger partial charge in [-0.25, -0.2) is 0 Å². The van der Waals surface area contributed by atoms with Crippen LogP contribution in [-0.4, -0.2) is 41.2 Å². The molecule has 16 heavy (non-hydrogen) atoms. The predicted octanol–water partition coefficient (Wildman–Crippen LogP) is -1.16. The molecule has 2 unspecified atom stereocenters. The third-order valence-electron chi connectivity index (χ3n) is 2.71. The summed E-state index contributed by atoms with van der Waals surface area (Å²) < 4.78 is 0. The molecule has 90 valence electrons. The molecule has 2 atom stereocenters. The first-order valence-corrected chi connectivity index (χ1v) is 5.24. The minimum atomic E-state index is -0.679. The van der Waals surface area contributed by atoms with Crippen LogP contribution in [0.4, 0.5) is 0 Å². The maximum Gasteiger partial charge on any atom is 0.249 e. The van der Waals surface area contributed by atoms with Crippen molar-refractivity contribution in [3.63, 3.8) is 0 Å². The largest absolute Gasteiger partial charge is 0.320 e. The Morgan fingerprint density at radius 2 is 2.06 bits per heavy atom. The zero-order valence-corrected chi connectivity index (χ0v) is 9.69. The zero-order chi connectivity index (χ0) is 12.5. The Bertz CT molecular complexity index is 327. The second-order valence-electron chi connectivity index (χ2n) is 4.32. The lowest BCUT2D eigenvalue weighted by atomic mass is 10.0. The SMILES string of the molecule is CC(C)C(N)C(=O)N1CC(=O)NC(=O)C1C.